The van der Waals surface area contributed by atoms with Gasteiger partial charge in [-0.2, -0.15) is 13.2 Å². The first-order valence-corrected chi connectivity index (χ1v) is 10.4. The summed E-state index contributed by atoms with van der Waals surface area (Å²) in [6.45, 7) is 1.20. The first kappa shape index (κ1) is 22.0. The van der Waals surface area contributed by atoms with Crippen molar-refractivity contribution in [2.24, 2.45) is 0 Å². The average molecular weight is 439 g/mol. The molecule has 0 spiro atoms. The Morgan fingerprint density at radius 2 is 1.81 bits per heavy atom. The number of hydrogen-bond donors (Lipinski definition) is 1. The lowest BCUT2D eigenvalue weighted by molar-refractivity contribution is -0.137. The van der Waals surface area contributed by atoms with Gasteiger partial charge < -0.3 is 14.8 Å². The van der Waals surface area contributed by atoms with Crippen LogP contribution in [0, 0.1) is 0 Å². The Morgan fingerprint density at radius 1 is 1.00 bits per heavy atom. The molecule has 0 fully saturated rings. The van der Waals surface area contributed by atoms with Crippen LogP contribution in [-0.4, -0.2) is 13.7 Å². The summed E-state index contributed by atoms with van der Waals surface area (Å²) in [7, 11) is 1.60. The molecule has 0 bridgehead atoms. The SMILES string of the molecule is COc1cc2c(cc1OCc1ccccc1)CCNC2C=Cc1cccc(C(F)(F)F)c1. The van der Waals surface area contributed by atoms with Gasteiger partial charge in [0, 0.05) is 6.54 Å². The molecule has 1 unspecified atom stereocenters. The molecule has 1 heterocycles. The third kappa shape index (κ3) is 5.14. The first-order chi connectivity index (χ1) is 15.4. The highest BCUT2D eigenvalue weighted by atomic mass is 19.4. The van der Waals surface area contributed by atoms with Crippen molar-refractivity contribution in [2.45, 2.75) is 25.2 Å². The van der Waals surface area contributed by atoms with Crippen molar-refractivity contribution >= 4 is 6.08 Å². The molecule has 166 valence electrons. The molecular formula is C26H24F3NO2. The highest BCUT2D eigenvalue weighted by Crippen LogP contribution is 2.36. The van der Waals surface area contributed by atoms with Crippen molar-refractivity contribution in [1.82, 2.24) is 5.32 Å². The third-order valence-electron chi connectivity index (χ3n) is 5.45. The zero-order valence-electron chi connectivity index (χ0n) is 17.7. The molecule has 0 amide bonds. The highest BCUT2D eigenvalue weighted by molar-refractivity contribution is 5.55. The Kier molecular flexibility index (Phi) is 6.51. The van der Waals surface area contributed by atoms with Crippen LogP contribution < -0.4 is 14.8 Å². The molecule has 4 rings (SSSR count). The summed E-state index contributed by atoms with van der Waals surface area (Å²) < 4.78 is 50.6. The van der Waals surface area contributed by atoms with Crippen LogP contribution in [0.3, 0.4) is 0 Å². The summed E-state index contributed by atoms with van der Waals surface area (Å²) in [6.07, 6.45) is 0.0731. The number of fused-ring (bicyclic) bond motifs is 1. The smallest absolute Gasteiger partial charge is 0.416 e. The van der Waals surface area contributed by atoms with E-state index in [1.54, 1.807) is 19.3 Å². The van der Waals surface area contributed by atoms with Gasteiger partial charge in [0.2, 0.25) is 0 Å². The van der Waals surface area contributed by atoms with Crippen molar-refractivity contribution in [1.29, 1.82) is 0 Å². The standard InChI is InChI=1S/C26H24F3NO2/c1-31-24-16-22-20(15-25(24)32-17-19-6-3-2-4-7-19)12-13-30-23(22)11-10-18-8-5-9-21(14-18)26(27,28)29/h2-11,14-16,23,30H,12-13,17H2,1H3. The molecule has 3 aromatic carbocycles. The van der Waals surface area contributed by atoms with Gasteiger partial charge in [-0.25, -0.2) is 0 Å². The predicted octanol–water partition coefficient (Wildman–Crippen LogP) is 6.19. The number of alkyl halides is 3. The molecule has 3 aromatic rings. The molecule has 0 aliphatic carbocycles. The van der Waals surface area contributed by atoms with Gasteiger partial charge in [-0.3, -0.25) is 0 Å². The van der Waals surface area contributed by atoms with Crippen LogP contribution in [0.4, 0.5) is 13.2 Å². The Bertz CT molecular complexity index is 1090. The maximum atomic E-state index is 13.0. The molecular weight excluding hydrogens is 415 g/mol. The van der Waals surface area contributed by atoms with E-state index in [9.17, 15) is 13.2 Å². The maximum absolute atomic E-state index is 13.0. The summed E-state index contributed by atoms with van der Waals surface area (Å²) in [6, 6.07) is 19.0. The molecule has 1 aliphatic heterocycles. The predicted molar refractivity (Wildman–Crippen MR) is 119 cm³/mol. The summed E-state index contributed by atoms with van der Waals surface area (Å²) in [5, 5.41) is 3.41. The second kappa shape index (κ2) is 9.49. The second-order valence-electron chi connectivity index (χ2n) is 7.64. The van der Waals surface area contributed by atoms with Crippen LogP contribution in [0.25, 0.3) is 6.08 Å². The summed E-state index contributed by atoms with van der Waals surface area (Å²) >= 11 is 0. The minimum Gasteiger partial charge on any atom is -0.493 e. The number of halogens is 3. The monoisotopic (exact) mass is 439 g/mol. The van der Waals surface area contributed by atoms with Gasteiger partial charge in [0.05, 0.1) is 18.7 Å². The number of rotatable bonds is 6. The molecule has 0 aromatic heterocycles. The number of nitrogens with one attached hydrogen (secondary N) is 1. The van der Waals surface area contributed by atoms with Crippen LogP contribution in [0.15, 0.2) is 72.8 Å². The number of ether oxygens (including phenoxy) is 2. The molecule has 0 saturated carbocycles. The fourth-order valence-corrected chi connectivity index (χ4v) is 3.80. The van der Waals surface area contributed by atoms with Crippen LogP contribution in [0.2, 0.25) is 0 Å². The number of benzene rings is 3. The normalized spacial score (nSPS) is 16.1. The quantitative estimate of drug-likeness (QED) is 0.497. The van der Waals surface area contributed by atoms with Gasteiger partial charge in [0.1, 0.15) is 6.61 Å². The molecule has 1 atom stereocenters. The zero-order valence-corrected chi connectivity index (χ0v) is 17.7. The van der Waals surface area contributed by atoms with E-state index in [2.05, 4.69) is 5.32 Å². The van der Waals surface area contributed by atoms with Gasteiger partial charge in [0.25, 0.3) is 0 Å². The van der Waals surface area contributed by atoms with Gasteiger partial charge in [0.15, 0.2) is 11.5 Å². The van der Waals surface area contributed by atoms with E-state index in [1.807, 2.05) is 48.5 Å². The molecule has 1 aliphatic rings. The Labute approximate surface area is 185 Å². The van der Waals surface area contributed by atoms with Crippen LogP contribution in [0.1, 0.15) is 33.9 Å². The summed E-state index contributed by atoms with van der Waals surface area (Å²) in [5.41, 5.74) is 3.08. The molecule has 0 radical (unpaired) electrons. The molecule has 6 heteroatoms. The Morgan fingerprint density at radius 3 is 2.56 bits per heavy atom. The first-order valence-electron chi connectivity index (χ1n) is 10.4. The maximum Gasteiger partial charge on any atom is 0.416 e. The van der Waals surface area contributed by atoms with E-state index in [4.69, 9.17) is 9.47 Å². The lowest BCUT2D eigenvalue weighted by Crippen LogP contribution is -2.28. The van der Waals surface area contributed by atoms with Crippen LogP contribution in [0.5, 0.6) is 11.5 Å². The fraction of sp³-hybridized carbons (Fsp3) is 0.231. The summed E-state index contributed by atoms with van der Waals surface area (Å²) in [5.74, 6) is 1.30. The largest absolute Gasteiger partial charge is 0.493 e. The zero-order chi connectivity index (χ0) is 22.6. The summed E-state index contributed by atoms with van der Waals surface area (Å²) in [4.78, 5) is 0. The topological polar surface area (TPSA) is 30.5 Å². The number of hydrogen-bond acceptors (Lipinski definition) is 3. The fourth-order valence-electron chi connectivity index (χ4n) is 3.80. The lowest BCUT2D eigenvalue weighted by Gasteiger charge is -2.26. The van der Waals surface area contributed by atoms with Crippen molar-refractivity contribution < 1.29 is 22.6 Å². The van der Waals surface area contributed by atoms with E-state index < -0.39 is 11.7 Å². The second-order valence-corrected chi connectivity index (χ2v) is 7.64. The van der Waals surface area contributed by atoms with E-state index in [0.717, 1.165) is 41.8 Å². The molecule has 32 heavy (non-hydrogen) atoms. The average Bonchev–Trinajstić information content (AvgIpc) is 2.81. The van der Waals surface area contributed by atoms with Crippen molar-refractivity contribution in [2.75, 3.05) is 13.7 Å². The van der Waals surface area contributed by atoms with E-state index in [0.29, 0.717) is 23.7 Å². The van der Waals surface area contributed by atoms with Crippen LogP contribution in [-0.2, 0) is 19.2 Å². The van der Waals surface area contributed by atoms with E-state index in [-0.39, 0.29) is 6.04 Å². The van der Waals surface area contributed by atoms with Crippen molar-refractivity contribution in [3.8, 4) is 11.5 Å². The Hall–Kier alpha value is -3.25. The Balaban J connectivity index is 1.56. The molecule has 1 N–H and O–H groups in total. The number of methoxy groups -OCH3 is 1. The molecule has 0 saturated heterocycles. The molecule has 3 nitrogen and oxygen atoms in total. The van der Waals surface area contributed by atoms with Gasteiger partial charge in [-0.05, 0) is 52.9 Å². The van der Waals surface area contributed by atoms with Gasteiger partial charge in [-0.15, -0.1) is 0 Å². The minimum atomic E-state index is -4.36. The van der Waals surface area contributed by atoms with Crippen LogP contribution >= 0.6 is 0 Å². The van der Waals surface area contributed by atoms with Crippen molar-refractivity contribution in [3.05, 3.63) is 101 Å². The third-order valence-corrected chi connectivity index (χ3v) is 5.45. The van der Waals surface area contributed by atoms with E-state index >= 15 is 0 Å². The van der Waals surface area contributed by atoms with Gasteiger partial charge >= 0.3 is 6.18 Å². The van der Waals surface area contributed by atoms with Crippen molar-refractivity contribution in [3.63, 3.8) is 0 Å². The van der Waals surface area contributed by atoms with Gasteiger partial charge in [-0.1, -0.05) is 54.6 Å². The minimum absolute atomic E-state index is 0.134. The lowest BCUT2D eigenvalue weighted by atomic mass is 9.93. The van der Waals surface area contributed by atoms with E-state index in [1.165, 1.54) is 6.07 Å². The highest BCUT2D eigenvalue weighted by Gasteiger charge is 2.30.